The molecule has 1 aromatic carbocycles. The van der Waals surface area contributed by atoms with E-state index in [0.717, 1.165) is 18.5 Å². The Labute approximate surface area is 119 Å². The fourth-order valence-corrected chi connectivity index (χ4v) is 1.72. The number of anilines is 3. The van der Waals surface area contributed by atoms with Gasteiger partial charge in [0.05, 0.1) is 6.20 Å². The number of rotatable bonds is 6. The summed E-state index contributed by atoms with van der Waals surface area (Å²) >= 11 is 0. The summed E-state index contributed by atoms with van der Waals surface area (Å²) in [6.07, 6.45) is 3.67. The van der Waals surface area contributed by atoms with E-state index in [1.165, 1.54) is 5.56 Å². The summed E-state index contributed by atoms with van der Waals surface area (Å²) in [5.41, 5.74) is 2.31. The van der Waals surface area contributed by atoms with Crippen molar-refractivity contribution in [2.45, 2.75) is 39.7 Å². The summed E-state index contributed by atoms with van der Waals surface area (Å²) in [7, 11) is 0. The van der Waals surface area contributed by atoms with Gasteiger partial charge in [0.1, 0.15) is 0 Å². The first kappa shape index (κ1) is 14.2. The van der Waals surface area contributed by atoms with Gasteiger partial charge < -0.3 is 10.6 Å². The summed E-state index contributed by atoms with van der Waals surface area (Å²) in [6.45, 7) is 6.35. The molecule has 0 amide bonds. The molecule has 2 aromatic rings. The molecule has 20 heavy (non-hydrogen) atoms. The Hall–Kier alpha value is -2.17. The van der Waals surface area contributed by atoms with E-state index in [9.17, 15) is 0 Å². The van der Waals surface area contributed by atoms with E-state index in [4.69, 9.17) is 0 Å². The van der Waals surface area contributed by atoms with E-state index in [0.29, 0.717) is 17.8 Å². The van der Waals surface area contributed by atoms with Crippen LogP contribution in [-0.4, -0.2) is 21.2 Å². The maximum atomic E-state index is 4.40. The topological polar surface area (TPSA) is 62.7 Å². The summed E-state index contributed by atoms with van der Waals surface area (Å²) in [5, 5.41) is 14.4. The predicted octanol–water partition coefficient (Wildman–Crippen LogP) is 3.39. The largest absolute Gasteiger partial charge is 0.350 e. The Balaban J connectivity index is 2.06. The third-order valence-electron chi connectivity index (χ3n) is 3.18. The molecule has 0 aliphatic heterocycles. The van der Waals surface area contributed by atoms with E-state index in [2.05, 4.69) is 58.7 Å². The highest BCUT2D eigenvalue weighted by atomic mass is 15.3. The van der Waals surface area contributed by atoms with Crippen LogP contribution in [0.1, 0.15) is 32.8 Å². The quantitative estimate of drug-likeness (QED) is 0.843. The number of aromatic nitrogens is 3. The van der Waals surface area contributed by atoms with Crippen LogP contribution in [0.2, 0.25) is 0 Å². The highest BCUT2D eigenvalue weighted by Gasteiger charge is 2.04. The molecule has 1 aromatic heterocycles. The summed E-state index contributed by atoms with van der Waals surface area (Å²) in [6, 6.07) is 8.63. The molecule has 2 N–H and O–H groups in total. The summed E-state index contributed by atoms with van der Waals surface area (Å²) in [5.74, 6) is 1.24. The fourth-order valence-electron chi connectivity index (χ4n) is 1.72. The Morgan fingerprint density at radius 3 is 2.55 bits per heavy atom. The van der Waals surface area contributed by atoms with Crippen LogP contribution in [0, 0.1) is 0 Å². The zero-order chi connectivity index (χ0) is 14.4. The average molecular weight is 271 g/mol. The molecule has 0 radical (unpaired) electrons. The third kappa shape index (κ3) is 3.91. The van der Waals surface area contributed by atoms with E-state index in [-0.39, 0.29) is 0 Å². The van der Waals surface area contributed by atoms with Crippen LogP contribution in [0.25, 0.3) is 0 Å². The lowest BCUT2D eigenvalue weighted by molar-refractivity contribution is 0.746. The van der Waals surface area contributed by atoms with Crippen LogP contribution in [-0.2, 0) is 6.42 Å². The molecule has 1 unspecified atom stereocenters. The van der Waals surface area contributed by atoms with E-state index < -0.39 is 0 Å². The van der Waals surface area contributed by atoms with Crippen LogP contribution in [0.5, 0.6) is 0 Å². The van der Waals surface area contributed by atoms with Crippen molar-refractivity contribution < 1.29 is 0 Å². The van der Waals surface area contributed by atoms with Gasteiger partial charge in [-0.2, -0.15) is 10.1 Å². The minimum atomic E-state index is 0.330. The van der Waals surface area contributed by atoms with Gasteiger partial charge in [-0.15, -0.1) is 5.10 Å². The first-order valence-electron chi connectivity index (χ1n) is 7.03. The third-order valence-corrected chi connectivity index (χ3v) is 3.18. The number of hydrogen-bond acceptors (Lipinski definition) is 5. The maximum absolute atomic E-state index is 4.40. The standard InChI is InChI=1S/C15H21N5/c1-4-11(3)17-15-19-14(10-16-20-15)18-13-8-6-12(5-2)7-9-13/h6-11H,4-5H2,1-3H3,(H2,17,18,19,20). The molecule has 0 bridgehead atoms. The van der Waals surface area contributed by atoms with Gasteiger partial charge in [-0.25, -0.2) is 0 Å². The van der Waals surface area contributed by atoms with Gasteiger partial charge in [0.15, 0.2) is 5.82 Å². The number of nitrogens with zero attached hydrogens (tertiary/aromatic N) is 3. The molecular weight excluding hydrogens is 250 g/mol. The van der Waals surface area contributed by atoms with Crippen molar-refractivity contribution in [2.24, 2.45) is 0 Å². The monoisotopic (exact) mass is 271 g/mol. The van der Waals surface area contributed by atoms with Gasteiger partial charge in [0, 0.05) is 11.7 Å². The number of benzene rings is 1. The molecule has 0 saturated carbocycles. The predicted molar refractivity (Wildman–Crippen MR) is 82.3 cm³/mol. The molecule has 2 rings (SSSR count). The zero-order valence-corrected chi connectivity index (χ0v) is 12.2. The molecule has 106 valence electrons. The highest BCUT2D eigenvalue weighted by molar-refractivity contribution is 5.56. The highest BCUT2D eigenvalue weighted by Crippen LogP contribution is 2.15. The molecule has 0 aliphatic carbocycles. The Kier molecular flexibility index (Phi) is 4.87. The Morgan fingerprint density at radius 1 is 1.15 bits per heavy atom. The first-order valence-corrected chi connectivity index (χ1v) is 7.03. The van der Waals surface area contributed by atoms with Crippen molar-refractivity contribution in [3.8, 4) is 0 Å². The Morgan fingerprint density at radius 2 is 1.90 bits per heavy atom. The molecule has 0 saturated heterocycles. The summed E-state index contributed by atoms with van der Waals surface area (Å²) in [4.78, 5) is 4.40. The molecule has 5 nitrogen and oxygen atoms in total. The van der Waals surface area contributed by atoms with Crippen LogP contribution in [0.4, 0.5) is 17.5 Å². The maximum Gasteiger partial charge on any atom is 0.244 e. The van der Waals surface area contributed by atoms with Gasteiger partial charge in [-0.05, 0) is 37.5 Å². The second kappa shape index (κ2) is 6.84. The van der Waals surface area contributed by atoms with Gasteiger partial charge in [-0.3, -0.25) is 0 Å². The normalized spacial score (nSPS) is 11.9. The number of nitrogens with one attached hydrogen (secondary N) is 2. The number of aryl methyl sites for hydroxylation is 1. The van der Waals surface area contributed by atoms with Crippen molar-refractivity contribution in [3.05, 3.63) is 36.0 Å². The minimum absolute atomic E-state index is 0.330. The molecule has 0 aliphatic rings. The van der Waals surface area contributed by atoms with Crippen molar-refractivity contribution in [2.75, 3.05) is 10.6 Å². The van der Waals surface area contributed by atoms with Gasteiger partial charge >= 0.3 is 0 Å². The van der Waals surface area contributed by atoms with Crippen LogP contribution < -0.4 is 10.6 Å². The van der Waals surface area contributed by atoms with E-state index in [1.807, 2.05) is 12.1 Å². The van der Waals surface area contributed by atoms with E-state index >= 15 is 0 Å². The van der Waals surface area contributed by atoms with Gasteiger partial charge in [0.2, 0.25) is 5.95 Å². The van der Waals surface area contributed by atoms with Crippen molar-refractivity contribution in [1.29, 1.82) is 0 Å². The van der Waals surface area contributed by atoms with Crippen molar-refractivity contribution in [3.63, 3.8) is 0 Å². The lowest BCUT2D eigenvalue weighted by Crippen LogP contribution is -2.16. The summed E-state index contributed by atoms with van der Waals surface area (Å²) < 4.78 is 0. The van der Waals surface area contributed by atoms with Gasteiger partial charge in [-0.1, -0.05) is 26.0 Å². The second-order valence-corrected chi connectivity index (χ2v) is 4.79. The van der Waals surface area contributed by atoms with Crippen LogP contribution in [0.3, 0.4) is 0 Å². The zero-order valence-electron chi connectivity index (χ0n) is 12.2. The number of hydrogen-bond donors (Lipinski definition) is 2. The molecule has 5 heteroatoms. The average Bonchev–Trinajstić information content (AvgIpc) is 2.48. The first-order chi connectivity index (χ1) is 9.71. The Bertz CT molecular complexity index is 538. The molecule has 0 spiro atoms. The molecule has 0 fully saturated rings. The van der Waals surface area contributed by atoms with Crippen molar-refractivity contribution >= 4 is 17.5 Å². The molecule has 1 heterocycles. The van der Waals surface area contributed by atoms with Gasteiger partial charge in [0.25, 0.3) is 0 Å². The minimum Gasteiger partial charge on any atom is -0.350 e. The van der Waals surface area contributed by atoms with E-state index in [1.54, 1.807) is 6.20 Å². The second-order valence-electron chi connectivity index (χ2n) is 4.79. The molecule has 1 atom stereocenters. The SMILES string of the molecule is CCc1ccc(Nc2cnnc(NC(C)CC)n2)cc1. The fraction of sp³-hybridized carbons (Fsp3) is 0.400. The smallest absolute Gasteiger partial charge is 0.244 e. The molecular formula is C15H21N5. The van der Waals surface area contributed by atoms with Crippen molar-refractivity contribution in [1.82, 2.24) is 15.2 Å². The van der Waals surface area contributed by atoms with Crippen LogP contribution in [0.15, 0.2) is 30.5 Å². The van der Waals surface area contributed by atoms with Crippen LogP contribution >= 0.6 is 0 Å². The lowest BCUT2D eigenvalue weighted by Gasteiger charge is -2.11. The lowest BCUT2D eigenvalue weighted by atomic mass is 10.1.